The lowest BCUT2D eigenvalue weighted by Crippen LogP contribution is -2.59. The van der Waals surface area contributed by atoms with Crippen molar-refractivity contribution in [2.75, 3.05) is 41.1 Å². The Balaban J connectivity index is 0.808. The van der Waals surface area contributed by atoms with Crippen LogP contribution in [0.5, 0.6) is 0 Å². The number of methoxy groups -OCH3 is 3. The second-order valence-corrected chi connectivity index (χ2v) is 26.6. The Morgan fingerprint density at radius 3 is 1.93 bits per heavy atom. The first-order chi connectivity index (χ1) is 37.0. The van der Waals surface area contributed by atoms with Gasteiger partial charge in [0, 0.05) is 39.2 Å². The average Bonchev–Trinajstić information content (AvgIpc) is 4.03. The molecule has 0 unspecified atom stereocenters. The molecule has 414 valence electrons. The van der Waals surface area contributed by atoms with E-state index < -0.39 is 31.9 Å². The fraction of sp³-hybridized carbons (Fsp3) is 0.625. The Morgan fingerprint density at radius 1 is 0.671 bits per heavy atom. The molecule has 0 radical (unpaired) electrons. The van der Waals surface area contributed by atoms with Gasteiger partial charge in [-0.2, -0.15) is 0 Å². The molecular weight excluding hydrogens is 974 g/mol. The minimum Gasteiger partial charge on any atom is -0.462 e. The van der Waals surface area contributed by atoms with E-state index in [-0.39, 0.29) is 90.5 Å². The Morgan fingerprint density at radius 2 is 1.32 bits per heavy atom. The quantitative estimate of drug-likeness (QED) is 0.0495. The number of Topliss-reactive ketones (excluding diaryl/α,β-unsaturated/α-hetero) is 1. The third-order valence-corrected chi connectivity index (χ3v) is 23.0. The second kappa shape index (κ2) is 26.6. The van der Waals surface area contributed by atoms with E-state index in [1.165, 1.54) is 35.2 Å². The zero-order chi connectivity index (χ0) is 53.3. The summed E-state index contributed by atoms with van der Waals surface area (Å²) < 4.78 is 50.6. The molecule has 76 heavy (non-hydrogen) atoms. The van der Waals surface area contributed by atoms with Crippen molar-refractivity contribution in [3.8, 4) is 0 Å². The number of esters is 1. The number of benzene rings is 3. The lowest BCUT2D eigenvalue weighted by molar-refractivity contribution is -0.314. The number of carbonyl (C=O) groups excluding carboxylic acids is 2. The summed E-state index contributed by atoms with van der Waals surface area (Å²) in [4.78, 5) is 31.3. The summed E-state index contributed by atoms with van der Waals surface area (Å²) >= 11 is 0. The average molecular weight is 1060 g/mol. The van der Waals surface area contributed by atoms with E-state index in [4.69, 9.17) is 37.9 Å². The zero-order valence-corrected chi connectivity index (χ0v) is 47.7. The maximum absolute atomic E-state index is 15.1. The van der Waals surface area contributed by atoms with Gasteiger partial charge >= 0.3 is 5.97 Å². The minimum absolute atomic E-state index is 0.0148. The van der Waals surface area contributed by atoms with Crippen LogP contribution in [0.4, 0.5) is 0 Å². The van der Waals surface area contributed by atoms with E-state index in [0.29, 0.717) is 12.5 Å². The third kappa shape index (κ3) is 12.5. The van der Waals surface area contributed by atoms with Crippen molar-refractivity contribution in [3.05, 3.63) is 115 Å². The van der Waals surface area contributed by atoms with Crippen molar-refractivity contribution in [2.24, 2.45) is 35.5 Å². The van der Waals surface area contributed by atoms with Gasteiger partial charge in [-0.25, -0.2) is 0 Å². The summed E-state index contributed by atoms with van der Waals surface area (Å²) in [5, 5.41) is 4.36. The van der Waals surface area contributed by atoms with Gasteiger partial charge in [0.2, 0.25) is 0 Å². The molecule has 3 aromatic carbocycles. The fourth-order valence-corrected chi connectivity index (χ4v) is 18.8. The van der Waals surface area contributed by atoms with Crippen LogP contribution < -0.4 is 15.9 Å². The molecule has 6 aliphatic rings. The summed E-state index contributed by atoms with van der Waals surface area (Å²) in [5.74, 6) is -0.125. The van der Waals surface area contributed by atoms with E-state index in [2.05, 4.69) is 135 Å². The number of carbonyl (C=O) groups is 2. The number of ether oxygens (including phenoxy) is 8. The first-order valence-corrected chi connectivity index (χ1v) is 31.0. The van der Waals surface area contributed by atoms with Crippen molar-refractivity contribution < 1.29 is 47.5 Å². The number of hydrogen-bond acceptors (Lipinski definition) is 11. The highest BCUT2D eigenvalue weighted by Crippen LogP contribution is 2.57. The normalized spacial score (nSPS) is 35.1. The number of rotatable bonds is 19. The molecule has 3 heterocycles. The number of allylic oxidation sites excluding steroid dienone is 4. The summed E-state index contributed by atoms with van der Waals surface area (Å²) in [6, 6.07) is 34.0. The van der Waals surface area contributed by atoms with Gasteiger partial charge in [0.05, 0.1) is 37.0 Å². The van der Waals surface area contributed by atoms with Crippen LogP contribution in [-0.2, 0) is 47.5 Å². The standard InChI is InChI=1S/C64H89NO10P/c1-9-46-24-23-31-57(42(2)60(67)55-40-53-51(54(55)41-58(66)73-46)33-32-45-38-47(39-52(45)53)74-64-63(70-8)62(69-7)61(68-6)44(4)72-64)75-59-35-34-56(43(3)71-59)65(5)36-21-10-11-22-37-76(48-25-15-12-16-26-48,49-27-17-13-18-28-49)50-29-19-14-20-30-50/h12-20,25-30,32-33,40,42-47,51-54,56-57,59,61-64H,9-11,21-24,31,34-39,41H2,1-8H3/q+1/t42-,43-,44+,45-,46+,47-,51-,52-,53-,54+,56+,57+,59+,61+,62-,63-,64+/m1/s1. The molecular formula is C64H89NO10P+. The molecule has 17 atom stereocenters. The molecule has 11 nitrogen and oxygen atoms in total. The van der Waals surface area contributed by atoms with Gasteiger partial charge in [-0.1, -0.05) is 93.1 Å². The Kier molecular flexibility index (Phi) is 20.0. The molecule has 12 heteroatoms. The Hall–Kier alpha value is -3.61. The molecule has 0 amide bonds. The SMILES string of the molecule is CC[C@H]1CCC[C@H](O[C@H]2CC[C@H](N(C)CCCCCC[P+](c3ccccc3)(c3ccccc3)c3ccccc3)[C@@H](C)O2)[C@@H](C)C(=O)C2=C[C@@H]3[C@@H](C=C[C@@H]4C[C@@H](O[C@@H]5O[C@@H](C)[C@H](OC)[C@@H](OC)[C@H]5OC)C[C@@H]34)[C@@H]2CC(=O)O1. The van der Waals surface area contributed by atoms with Gasteiger partial charge in [-0.05, 0) is 164 Å². The molecule has 3 aromatic rings. The van der Waals surface area contributed by atoms with Crippen LogP contribution in [0.2, 0.25) is 0 Å². The van der Waals surface area contributed by atoms with Crippen molar-refractivity contribution in [1.82, 2.24) is 4.90 Å². The van der Waals surface area contributed by atoms with E-state index in [0.717, 1.165) is 69.6 Å². The predicted molar refractivity (Wildman–Crippen MR) is 302 cm³/mol. The number of nitrogens with zero attached hydrogens (tertiary/aromatic N) is 1. The Labute approximate surface area is 455 Å². The first kappa shape index (κ1) is 57.1. The summed E-state index contributed by atoms with van der Waals surface area (Å²) in [6.07, 6.45) is 16.4. The van der Waals surface area contributed by atoms with Crippen LogP contribution in [0.25, 0.3) is 0 Å². The van der Waals surface area contributed by atoms with Gasteiger partial charge in [-0.15, -0.1) is 0 Å². The van der Waals surface area contributed by atoms with E-state index in [1.807, 2.05) is 13.8 Å². The van der Waals surface area contributed by atoms with Crippen LogP contribution in [0.1, 0.15) is 111 Å². The lowest BCUT2D eigenvalue weighted by atomic mass is 9.70. The van der Waals surface area contributed by atoms with Crippen molar-refractivity contribution >= 4 is 34.9 Å². The number of unbranched alkanes of at least 4 members (excludes halogenated alkanes) is 3. The lowest BCUT2D eigenvalue weighted by Gasteiger charge is -2.44. The van der Waals surface area contributed by atoms with Gasteiger partial charge < -0.3 is 42.8 Å². The van der Waals surface area contributed by atoms with Gasteiger partial charge in [0.25, 0.3) is 0 Å². The maximum atomic E-state index is 15.1. The molecule has 4 fully saturated rings. The van der Waals surface area contributed by atoms with Crippen LogP contribution in [0.3, 0.4) is 0 Å². The number of likely N-dealkylation sites (N-methyl/N-ethyl adjacent to an activating group) is 1. The molecule has 1 saturated carbocycles. The molecule has 0 aromatic heterocycles. The number of hydrogen-bond donors (Lipinski definition) is 0. The van der Waals surface area contributed by atoms with Crippen molar-refractivity contribution in [1.29, 1.82) is 0 Å². The van der Waals surface area contributed by atoms with Crippen LogP contribution in [0.15, 0.2) is 115 Å². The number of cyclic esters (lactones) is 1. The molecule has 0 bridgehead atoms. The molecule has 9 rings (SSSR count). The van der Waals surface area contributed by atoms with Crippen LogP contribution >= 0.6 is 7.26 Å². The molecule has 0 spiro atoms. The third-order valence-electron chi connectivity index (χ3n) is 18.5. The molecule has 0 N–H and O–H groups in total. The molecule has 3 saturated heterocycles. The first-order valence-electron chi connectivity index (χ1n) is 29.1. The Bertz CT molecular complexity index is 2270. The highest BCUT2D eigenvalue weighted by Gasteiger charge is 2.53. The number of fused-ring (bicyclic) bond motifs is 5. The minimum atomic E-state index is -1.82. The maximum Gasteiger partial charge on any atom is 0.306 e. The van der Waals surface area contributed by atoms with Gasteiger partial charge in [0.15, 0.2) is 18.4 Å². The summed E-state index contributed by atoms with van der Waals surface area (Å²) in [5.41, 5.74) is 0.762. The van der Waals surface area contributed by atoms with Crippen molar-refractivity contribution in [2.45, 2.75) is 179 Å². The molecule has 3 aliphatic carbocycles. The monoisotopic (exact) mass is 1060 g/mol. The molecule has 3 aliphatic heterocycles. The van der Waals surface area contributed by atoms with Gasteiger partial charge in [0.1, 0.15) is 47.6 Å². The smallest absolute Gasteiger partial charge is 0.306 e. The van der Waals surface area contributed by atoms with Gasteiger partial charge in [-0.3, -0.25) is 9.59 Å². The van der Waals surface area contributed by atoms with Crippen LogP contribution in [0, 0.1) is 35.5 Å². The second-order valence-electron chi connectivity index (χ2n) is 23.0. The van der Waals surface area contributed by atoms with Crippen molar-refractivity contribution in [3.63, 3.8) is 0 Å². The fourth-order valence-electron chi connectivity index (χ4n) is 14.4. The summed E-state index contributed by atoms with van der Waals surface area (Å²) in [6.45, 7) is 9.32. The van der Waals surface area contributed by atoms with E-state index in [9.17, 15) is 4.79 Å². The topological polar surface area (TPSA) is 111 Å². The predicted octanol–water partition coefficient (Wildman–Crippen LogP) is 10.4. The number of ketones is 1. The highest BCUT2D eigenvalue weighted by molar-refractivity contribution is 7.95. The van der Waals surface area contributed by atoms with Crippen LogP contribution in [-0.4, -0.2) is 125 Å². The largest absolute Gasteiger partial charge is 0.462 e. The van der Waals surface area contributed by atoms with E-state index in [1.54, 1.807) is 21.3 Å². The zero-order valence-electron chi connectivity index (χ0n) is 46.8. The van der Waals surface area contributed by atoms with E-state index >= 15 is 4.79 Å². The summed E-state index contributed by atoms with van der Waals surface area (Å²) in [7, 11) is 5.43. The highest BCUT2D eigenvalue weighted by atomic mass is 31.2.